The topological polar surface area (TPSA) is 69.6 Å². The molecule has 5 nitrogen and oxygen atoms in total. The summed E-state index contributed by atoms with van der Waals surface area (Å²) in [4.78, 5) is 24.5. The van der Waals surface area contributed by atoms with E-state index in [-0.39, 0.29) is 24.0 Å². The van der Waals surface area contributed by atoms with Crippen LogP contribution >= 0.6 is 0 Å². The van der Waals surface area contributed by atoms with Crippen molar-refractivity contribution in [3.8, 4) is 0 Å². The summed E-state index contributed by atoms with van der Waals surface area (Å²) in [5.74, 6) is -0.847. The van der Waals surface area contributed by atoms with E-state index in [2.05, 4.69) is 12.2 Å². The molecule has 102 valence electrons. The Bertz CT molecular complexity index is 333. The van der Waals surface area contributed by atoms with Crippen molar-refractivity contribution in [3.05, 3.63) is 0 Å². The first-order valence-electron chi connectivity index (χ1n) is 6.81. The fourth-order valence-electron chi connectivity index (χ4n) is 2.66. The molecule has 18 heavy (non-hydrogen) atoms. The molecule has 0 spiro atoms. The van der Waals surface area contributed by atoms with E-state index < -0.39 is 5.97 Å². The third-order valence-electron chi connectivity index (χ3n) is 3.93. The van der Waals surface area contributed by atoms with Crippen LogP contribution in [0, 0.1) is 0 Å². The Morgan fingerprint density at radius 3 is 2.44 bits per heavy atom. The molecule has 2 saturated carbocycles. The Hall–Kier alpha value is -1.26. The molecule has 0 radical (unpaired) electrons. The molecule has 0 aromatic rings. The van der Waals surface area contributed by atoms with Crippen molar-refractivity contribution >= 4 is 12.0 Å². The van der Waals surface area contributed by atoms with Crippen LogP contribution in [0.4, 0.5) is 4.79 Å². The summed E-state index contributed by atoms with van der Waals surface area (Å²) in [7, 11) is 0. The molecule has 0 aliphatic heterocycles. The third-order valence-corrected chi connectivity index (χ3v) is 3.93. The van der Waals surface area contributed by atoms with Gasteiger partial charge in [-0.2, -0.15) is 0 Å². The lowest BCUT2D eigenvalue weighted by Crippen LogP contribution is -2.51. The zero-order valence-corrected chi connectivity index (χ0v) is 10.9. The van der Waals surface area contributed by atoms with Crippen molar-refractivity contribution in [1.29, 1.82) is 0 Å². The molecule has 2 N–H and O–H groups in total. The van der Waals surface area contributed by atoms with Gasteiger partial charge in [0, 0.05) is 18.1 Å². The lowest BCUT2D eigenvalue weighted by molar-refractivity contribution is -0.137. The van der Waals surface area contributed by atoms with Crippen LogP contribution in [0.3, 0.4) is 0 Å². The van der Waals surface area contributed by atoms with E-state index >= 15 is 0 Å². The minimum Gasteiger partial charge on any atom is -0.481 e. The molecule has 0 heterocycles. The Kier molecular flexibility index (Phi) is 3.78. The first-order valence-corrected chi connectivity index (χ1v) is 6.81. The maximum absolute atomic E-state index is 12.2. The van der Waals surface area contributed by atoms with Crippen LogP contribution < -0.4 is 5.32 Å². The summed E-state index contributed by atoms with van der Waals surface area (Å²) >= 11 is 0. The third kappa shape index (κ3) is 3.37. The van der Waals surface area contributed by atoms with Gasteiger partial charge >= 0.3 is 12.0 Å². The van der Waals surface area contributed by atoms with Crippen LogP contribution in [0.15, 0.2) is 0 Å². The maximum atomic E-state index is 12.2. The van der Waals surface area contributed by atoms with Crippen LogP contribution in [0.1, 0.15) is 51.9 Å². The van der Waals surface area contributed by atoms with Gasteiger partial charge in [0.15, 0.2) is 0 Å². The molecule has 0 atom stereocenters. The fraction of sp³-hybridized carbons (Fsp3) is 0.846. The summed E-state index contributed by atoms with van der Waals surface area (Å²) < 4.78 is 0. The number of hydrogen-bond donors (Lipinski definition) is 2. The standard InChI is InChI=1S/C13H22N2O3/c1-13(7-2-3-8-13)14-12(18)15(10-4-5-10)9-6-11(16)17/h10H,2-9H2,1H3,(H,14,18)(H,16,17). The van der Waals surface area contributed by atoms with Crippen LogP contribution in [0.2, 0.25) is 0 Å². The summed E-state index contributed by atoms with van der Waals surface area (Å²) in [5, 5.41) is 11.8. The Balaban J connectivity index is 1.89. The lowest BCUT2D eigenvalue weighted by Gasteiger charge is -2.30. The highest BCUT2D eigenvalue weighted by Crippen LogP contribution is 2.31. The first kappa shape index (κ1) is 13.2. The van der Waals surface area contributed by atoms with E-state index in [0.29, 0.717) is 6.54 Å². The van der Waals surface area contributed by atoms with E-state index in [1.54, 1.807) is 4.90 Å². The van der Waals surface area contributed by atoms with Crippen LogP contribution in [-0.2, 0) is 4.79 Å². The largest absolute Gasteiger partial charge is 0.481 e. The molecule has 2 fully saturated rings. The molecule has 0 unspecified atom stereocenters. The average molecular weight is 254 g/mol. The van der Waals surface area contributed by atoms with Crippen LogP contribution in [0.25, 0.3) is 0 Å². The second-order valence-corrected chi connectivity index (χ2v) is 5.77. The number of aliphatic carboxylic acids is 1. The molecule has 0 saturated heterocycles. The van der Waals surface area contributed by atoms with Crippen molar-refractivity contribution in [2.24, 2.45) is 0 Å². The second-order valence-electron chi connectivity index (χ2n) is 5.77. The van der Waals surface area contributed by atoms with E-state index in [4.69, 9.17) is 5.11 Å². The van der Waals surface area contributed by atoms with Gasteiger partial charge in [-0.3, -0.25) is 4.79 Å². The molecule has 0 aromatic heterocycles. The van der Waals surface area contributed by atoms with Crippen LogP contribution in [0.5, 0.6) is 0 Å². The molecule has 2 aliphatic rings. The number of hydrogen-bond acceptors (Lipinski definition) is 2. The van der Waals surface area contributed by atoms with E-state index in [9.17, 15) is 9.59 Å². The molecule has 2 amide bonds. The zero-order chi connectivity index (χ0) is 13.2. The van der Waals surface area contributed by atoms with Gasteiger partial charge in [0.2, 0.25) is 0 Å². The Morgan fingerprint density at radius 2 is 1.94 bits per heavy atom. The minimum atomic E-state index is -0.847. The maximum Gasteiger partial charge on any atom is 0.318 e. The normalized spacial score (nSPS) is 21.6. The van der Waals surface area contributed by atoms with E-state index in [1.807, 2.05) is 0 Å². The van der Waals surface area contributed by atoms with E-state index in [0.717, 1.165) is 38.5 Å². The summed E-state index contributed by atoms with van der Waals surface area (Å²) in [5.41, 5.74) is -0.0898. The van der Waals surface area contributed by atoms with Gasteiger partial charge in [-0.15, -0.1) is 0 Å². The minimum absolute atomic E-state index is 0.0284. The molecule has 0 bridgehead atoms. The first-order chi connectivity index (χ1) is 8.50. The highest BCUT2D eigenvalue weighted by Gasteiger charge is 2.37. The van der Waals surface area contributed by atoms with Crippen molar-refractivity contribution in [2.45, 2.75) is 63.5 Å². The number of carboxylic acid groups (broad SMARTS) is 1. The predicted octanol–water partition coefficient (Wildman–Crippen LogP) is 1.97. The van der Waals surface area contributed by atoms with Crippen molar-refractivity contribution in [3.63, 3.8) is 0 Å². The molecule has 0 aromatic carbocycles. The number of carboxylic acids is 1. The van der Waals surface area contributed by atoms with Gasteiger partial charge < -0.3 is 15.3 Å². The summed E-state index contributed by atoms with van der Waals surface area (Å²) in [6.45, 7) is 2.40. The number of rotatable bonds is 5. The number of nitrogens with zero attached hydrogens (tertiary/aromatic N) is 1. The SMILES string of the molecule is CC1(NC(=O)N(CCC(=O)O)C2CC2)CCCC1. The molecule has 2 rings (SSSR count). The second kappa shape index (κ2) is 5.16. The van der Waals surface area contributed by atoms with Gasteiger partial charge in [-0.25, -0.2) is 4.79 Å². The highest BCUT2D eigenvalue weighted by molar-refractivity contribution is 5.76. The molecular weight excluding hydrogens is 232 g/mol. The van der Waals surface area contributed by atoms with Gasteiger partial charge in [0.1, 0.15) is 0 Å². The number of carbonyl (C=O) groups excluding carboxylic acids is 1. The van der Waals surface area contributed by atoms with Crippen molar-refractivity contribution in [2.75, 3.05) is 6.54 Å². The summed E-state index contributed by atoms with van der Waals surface area (Å²) in [6, 6.07) is 0.178. The number of urea groups is 1. The smallest absolute Gasteiger partial charge is 0.318 e. The highest BCUT2D eigenvalue weighted by atomic mass is 16.4. The Labute approximate surface area is 108 Å². The van der Waals surface area contributed by atoms with E-state index in [1.165, 1.54) is 0 Å². The molecule has 2 aliphatic carbocycles. The van der Waals surface area contributed by atoms with Crippen molar-refractivity contribution in [1.82, 2.24) is 10.2 Å². The predicted molar refractivity (Wildman–Crippen MR) is 67.4 cm³/mol. The number of nitrogens with one attached hydrogen (secondary N) is 1. The fourth-order valence-corrected chi connectivity index (χ4v) is 2.66. The lowest BCUT2D eigenvalue weighted by atomic mass is 10.0. The molecular formula is C13H22N2O3. The van der Waals surface area contributed by atoms with Gasteiger partial charge in [0.05, 0.1) is 6.42 Å². The van der Waals surface area contributed by atoms with Crippen LogP contribution in [-0.4, -0.2) is 40.1 Å². The van der Waals surface area contributed by atoms with Crippen molar-refractivity contribution < 1.29 is 14.7 Å². The average Bonchev–Trinajstić information content (AvgIpc) is 3.02. The quantitative estimate of drug-likeness (QED) is 0.788. The van der Waals surface area contributed by atoms with Gasteiger partial charge in [-0.05, 0) is 32.6 Å². The number of carbonyl (C=O) groups is 2. The van der Waals surface area contributed by atoms with Gasteiger partial charge in [-0.1, -0.05) is 12.8 Å². The zero-order valence-electron chi connectivity index (χ0n) is 10.9. The summed E-state index contributed by atoms with van der Waals surface area (Å²) in [6.07, 6.45) is 6.41. The van der Waals surface area contributed by atoms with Gasteiger partial charge in [0.25, 0.3) is 0 Å². The monoisotopic (exact) mass is 254 g/mol. The Morgan fingerprint density at radius 1 is 1.33 bits per heavy atom. The number of amides is 2. The molecule has 5 heteroatoms.